The SMILES string of the molecule is Cc1c2c(nc3ncccc13)CC(C)(C)CC2=O. The summed E-state index contributed by atoms with van der Waals surface area (Å²) in [6.07, 6.45) is 3.20. The van der Waals surface area contributed by atoms with Crippen LogP contribution >= 0.6 is 0 Å². The standard InChI is InChI=1S/C15H16N2O/c1-9-10-5-4-6-16-14(10)17-11-7-15(2,3)8-12(18)13(9)11/h4-6H,7-8H2,1-3H3. The normalized spacial score (nSPS) is 17.8. The molecule has 3 heteroatoms. The lowest BCUT2D eigenvalue weighted by Gasteiger charge is -2.30. The Balaban J connectivity index is 2.33. The number of fused-ring (bicyclic) bond motifs is 2. The Kier molecular flexibility index (Phi) is 2.27. The van der Waals surface area contributed by atoms with E-state index in [1.54, 1.807) is 6.20 Å². The second-order valence-electron chi connectivity index (χ2n) is 5.87. The van der Waals surface area contributed by atoms with Crippen LogP contribution in [0, 0.1) is 12.3 Å². The molecule has 18 heavy (non-hydrogen) atoms. The molecule has 1 aliphatic rings. The summed E-state index contributed by atoms with van der Waals surface area (Å²) in [6, 6.07) is 3.87. The Morgan fingerprint density at radius 2 is 2.06 bits per heavy atom. The number of pyridine rings is 2. The quantitative estimate of drug-likeness (QED) is 0.710. The summed E-state index contributed by atoms with van der Waals surface area (Å²) in [5.74, 6) is 0.219. The molecule has 0 fully saturated rings. The monoisotopic (exact) mass is 240 g/mol. The minimum absolute atomic E-state index is 0.00593. The molecule has 0 saturated carbocycles. The number of aryl methyl sites for hydroxylation is 1. The Hall–Kier alpha value is -1.77. The van der Waals surface area contributed by atoms with Gasteiger partial charge in [0.25, 0.3) is 0 Å². The van der Waals surface area contributed by atoms with E-state index in [4.69, 9.17) is 0 Å². The summed E-state index contributed by atoms with van der Waals surface area (Å²) in [7, 11) is 0. The van der Waals surface area contributed by atoms with Crippen LogP contribution in [0.15, 0.2) is 18.3 Å². The Bertz CT molecular complexity index is 659. The van der Waals surface area contributed by atoms with Gasteiger partial charge in [-0.25, -0.2) is 9.97 Å². The highest BCUT2D eigenvalue weighted by atomic mass is 16.1. The summed E-state index contributed by atoms with van der Waals surface area (Å²) in [5, 5.41) is 0.990. The molecular formula is C15H16N2O. The molecule has 0 N–H and O–H groups in total. The van der Waals surface area contributed by atoms with Crippen molar-refractivity contribution in [3.63, 3.8) is 0 Å². The van der Waals surface area contributed by atoms with Gasteiger partial charge in [-0.05, 0) is 36.5 Å². The van der Waals surface area contributed by atoms with Crippen molar-refractivity contribution in [1.29, 1.82) is 0 Å². The van der Waals surface area contributed by atoms with Crippen LogP contribution in [0.25, 0.3) is 11.0 Å². The van der Waals surface area contributed by atoms with Crippen molar-refractivity contribution < 1.29 is 4.79 Å². The number of hydrogen-bond acceptors (Lipinski definition) is 3. The molecule has 1 aliphatic carbocycles. The zero-order chi connectivity index (χ0) is 12.9. The fourth-order valence-electron chi connectivity index (χ4n) is 2.85. The van der Waals surface area contributed by atoms with E-state index in [1.807, 2.05) is 19.1 Å². The number of carbonyl (C=O) groups excluding carboxylic acids is 1. The number of ketones is 1. The third-order valence-electron chi connectivity index (χ3n) is 3.66. The number of Topliss-reactive ketones (excluding diaryl/α,β-unsaturated/α-hetero) is 1. The van der Waals surface area contributed by atoms with Gasteiger partial charge in [0.2, 0.25) is 0 Å². The van der Waals surface area contributed by atoms with Gasteiger partial charge in [-0.2, -0.15) is 0 Å². The first-order chi connectivity index (χ1) is 8.48. The molecule has 2 aromatic rings. The van der Waals surface area contributed by atoms with Gasteiger partial charge in [0.05, 0.1) is 5.69 Å². The Morgan fingerprint density at radius 3 is 2.83 bits per heavy atom. The highest BCUT2D eigenvalue weighted by molar-refractivity contribution is 6.03. The van der Waals surface area contributed by atoms with Crippen molar-refractivity contribution in [3.05, 3.63) is 35.2 Å². The fourth-order valence-corrected chi connectivity index (χ4v) is 2.85. The molecule has 0 aromatic carbocycles. The molecule has 0 spiro atoms. The maximum Gasteiger partial charge on any atom is 0.165 e. The van der Waals surface area contributed by atoms with Gasteiger partial charge in [0.1, 0.15) is 0 Å². The lowest BCUT2D eigenvalue weighted by Crippen LogP contribution is -2.28. The summed E-state index contributed by atoms with van der Waals surface area (Å²) in [5.41, 5.74) is 3.53. The smallest absolute Gasteiger partial charge is 0.165 e. The molecule has 3 rings (SSSR count). The summed E-state index contributed by atoms with van der Waals surface area (Å²) in [4.78, 5) is 21.2. The Labute approximate surface area is 106 Å². The lowest BCUT2D eigenvalue weighted by molar-refractivity contribution is 0.0910. The van der Waals surface area contributed by atoms with Crippen LogP contribution in [-0.4, -0.2) is 15.8 Å². The summed E-state index contributed by atoms with van der Waals surface area (Å²) in [6.45, 7) is 6.24. The van der Waals surface area contributed by atoms with E-state index in [0.29, 0.717) is 6.42 Å². The number of hydrogen-bond donors (Lipinski definition) is 0. The predicted molar refractivity (Wildman–Crippen MR) is 70.7 cm³/mol. The van der Waals surface area contributed by atoms with Crippen LogP contribution in [0.5, 0.6) is 0 Å². The largest absolute Gasteiger partial charge is 0.294 e. The second kappa shape index (κ2) is 3.61. The summed E-state index contributed by atoms with van der Waals surface area (Å²) < 4.78 is 0. The number of nitrogens with zero attached hydrogens (tertiary/aromatic N) is 2. The van der Waals surface area contributed by atoms with Gasteiger partial charge in [-0.1, -0.05) is 13.8 Å². The average Bonchev–Trinajstić information content (AvgIpc) is 2.26. The zero-order valence-electron chi connectivity index (χ0n) is 10.9. The molecule has 0 radical (unpaired) electrons. The highest BCUT2D eigenvalue weighted by Gasteiger charge is 2.33. The van der Waals surface area contributed by atoms with E-state index in [9.17, 15) is 4.79 Å². The van der Waals surface area contributed by atoms with Gasteiger partial charge < -0.3 is 0 Å². The molecule has 0 saturated heterocycles. The van der Waals surface area contributed by atoms with Gasteiger partial charge in [-0.15, -0.1) is 0 Å². The van der Waals surface area contributed by atoms with Crippen molar-refractivity contribution in [2.24, 2.45) is 5.41 Å². The van der Waals surface area contributed by atoms with E-state index in [-0.39, 0.29) is 11.2 Å². The van der Waals surface area contributed by atoms with Crippen molar-refractivity contribution in [2.75, 3.05) is 0 Å². The minimum atomic E-state index is 0.00593. The maximum atomic E-state index is 12.3. The molecule has 0 amide bonds. The van der Waals surface area contributed by atoms with Crippen LogP contribution in [0.1, 0.15) is 41.9 Å². The van der Waals surface area contributed by atoms with Gasteiger partial charge in [0.15, 0.2) is 11.4 Å². The topological polar surface area (TPSA) is 42.9 Å². The van der Waals surface area contributed by atoms with Crippen LogP contribution in [0.4, 0.5) is 0 Å². The van der Waals surface area contributed by atoms with Crippen molar-refractivity contribution in [1.82, 2.24) is 9.97 Å². The molecule has 0 bridgehead atoms. The van der Waals surface area contributed by atoms with E-state index in [0.717, 1.165) is 34.3 Å². The maximum absolute atomic E-state index is 12.3. The van der Waals surface area contributed by atoms with Crippen molar-refractivity contribution in [2.45, 2.75) is 33.6 Å². The summed E-state index contributed by atoms with van der Waals surface area (Å²) >= 11 is 0. The van der Waals surface area contributed by atoms with Gasteiger partial charge in [-0.3, -0.25) is 4.79 Å². The number of carbonyl (C=O) groups is 1. The van der Waals surface area contributed by atoms with E-state index in [2.05, 4.69) is 23.8 Å². The zero-order valence-corrected chi connectivity index (χ0v) is 10.9. The average molecular weight is 240 g/mol. The first-order valence-corrected chi connectivity index (χ1v) is 6.25. The van der Waals surface area contributed by atoms with Crippen LogP contribution in [-0.2, 0) is 6.42 Å². The number of aromatic nitrogens is 2. The molecule has 92 valence electrons. The number of rotatable bonds is 0. The fraction of sp³-hybridized carbons (Fsp3) is 0.400. The molecule has 3 nitrogen and oxygen atoms in total. The third kappa shape index (κ3) is 1.62. The second-order valence-corrected chi connectivity index (χ2v) is 5.87. The van der Waals surface area contributed by atoms with E-state index >= 15 is 0 Å². The highest BCUT2D eigenvalue weighted by Crippen LogP contribution is 2.36. The van der Waals surface area contributed by atoms with Crippen LogP contribution in [0.3, 0.4) is 0 Å². The van der Waals surface area contributed by atoms with Crippen LogP contribution in [0.2, 0.25) is 0 Å². The molecule has 0 unspecified atom stereocenters. The lowest BCUT2D eigenvalue weighted by atomic mass is 9.74. The predicted octanol–water partition coefficient (Wildman–Crippen LogP) is 3.09. The first kappa shape index (κ1) is 11.3. The van der Waals surface area contributed by atoms with E-state index in [1.165, 1.54) is 0 Å². The Morgan fingerprint density at radius 1 is 1.28 bits per heavy atom. The molecule has 0 aliphatic heterocycles. The molecular weight excluding hydrogens is 224 g/mol. The minimum Gasteiger partial charge on any atom is -0.294 e. The molecule has 2 heterocycles. The third-order valence-corrected chi connectivity index (χ3v) is 3.66. The van der Waals surface area contributed by atoms with Crippen molar-refractivity contribution >= 4 is 16.8 Å². The first-order valence-electron chi connectivity index (χ1n) is 6.25. The van der Waals surface area contributed by atoms with Gasteiger partial charge in [0, 0.05) is 23.6 Å². The van der Waals surface area contributed by atoms with E-state index < -0.39 is 0 Å². The molecule has 2 aromatic heterocycles. The van der Waals surface area contributed by atoms with Crippen molar-refractivity contribution in [3.8, 4) is 0 Å². The van der Waals surface area contributed by atoms with Crippen LogP contribution < -0.4 is 0 Å². The van der Waals surface area contributed by atoms with Gasteiger partial charge >= 0.3 is 0 Å². The molecule has 0 atom stereocenters.